The molecule has 0 unspecified atom stereocenters. The van der Waals surface area contributed by atoms with Crippen LogP contribution in [0.25, 0.3) is 22.0 Å². The number of nitrogens with zero attached hydrogens (tertiary/aromatic N) is 1. The van der Waals surface area contributed by atoms with Gasteiger partial charge in [-0.15, -0.1) is 0 Å². The quantitative estimate of drug-likeness (QED) is 0.569. The number of aromatic amines is 1. The molecule has 172 valence electrons. The van der Waals surface area contributed by atoms with E-state index >= 15 is 0 Å². The average molecular weight is 466 g/mol. The Kier molecular flexibility index (Phi) is 5.74. The Balaban J connectivity index is 1.80. The predicted octanol–water partition coefficient (Wildman–Crippen LogP) is 4.25. The van der Waals surface area contributed by atoms with Crippen molar-refractivity contribution >= 4 is 26.6 Å². The maximum Gasteiger partial charge on any atom is 0.259 e. The molecular weight excluding hydrogens is 440 g/mol. The summed E-state index contributed by atoms with van der Waals surface area (Å²) in [6, 6.07) is 6.53. The van der Waals surface area contributed by atoms with Gasteiger partial charge >= 0.3 is 0 Å². The Hall–Kier alpha value is -2.88. The van der Waals surface area contributed by atoms with Crippen LogP contribution in [0.15, 0.2) is 41.5 Å². The number of fused-ring (bicyclic) bond motifs is 1. The van der Waals surface area contributed by atoms with Crippen LogP contribution in [0.2, 0.25) is 0 Å². The summed E-state index contributed by atoms with van der Waals surface area (Å²) in [7, 11) is -1.88. The first-order valence-electron chi connectivity index (χ1n) is 10.4. The maximum absolute atomic E-state index is 13.6. The summed E-state index contributed by atoms with van der Waals surface area (Å²) < 4.78 is 61.4. The molecule has 0 atom stereocenters. The Morgan fingerprint density at radius 2 is 1.94 bits per heavy atom. The topological polar surface area (TPSA) is 93.2 Å². The average Bonchev–Trinajstić information content (AvgIpc) is 3.23. The number of halogens is 2. The molecule has 0 bridgehead atoms. The van der Waals surface area contributed by atoms with Crippen molar-refractivity contribution in [3.63, 3.8) is 0 Å². The van der Waals surface area contributed by atoms with Crippen LogP contribution >= 0.6 is 0 Å². The number of H-pyrrole nitrogens is 1. The summed E-state index contributed by atoms with van der Waals surface area (Å²) >= 11 is 0. The van der Waals surface area contributed by atoms with Gasteiger partial charge in [-0.1, -0.05) is 0 Å². The van der Waals surface area contributed by atoms with Crippen molar-refractivity contribution in [3.05, 3.63) is 47.0 Å². The first kappa shape index (κ1) is 22.3. The van der Waals surface area contributed by atoms with Gasteiger partial charge in [0.2, 0.25) is 15.9 Å². The van der Waals surface area contributed by atoms with Gasteiger partial charge in [-0.25, -0.2) is 17.2 Å². The zero-order valence-corrected chi connectivity index (χ0v) is 18.6. The summed E-state index contributed by atoms with van der Waals surface area (Å²) in [6.45, 7) is 1.54. The number of benzene rings is 1. The zero-order valence-electron chi connectivity index (χ0n) is 17.8. The van der Waals surface area contributed by atoms with Gasteiger partial charge in [0.1, 0.15) is 5.75 Å². The van der Waals surface area contributed by atoms with E-state index < -0.39 is 15.9 Å². The normalized spacial score (nSPS) is 16.9. The number of rotatable bonds is 6. The molecular formula is C22H25F2N3O4S. The highest BCUT2D eigenvalue weighted by molar-refractivity contribution is 7.92. The highest BCUT2D eigenvalue weighted by Gasteiger charge is 2.36. The summed E-state index contributed by atoms with van der Waals surface area (Å²) in [5.74, 6) is -2.31. The maximum atomic E-state index is 13.6. The first-order valence-corrected chi connectivity index (χ1v) is 12.1. The number of aromatic nitrogens is 2. The molecule has 0 spiro atoms. The number of sulfonamides is 1. The lowest BCUT2D eigenvalue weighted by molar-refractivity contribution is -0.0581. The highest BCUT2D eigenvalue weighted by Crippen LogP contribution is 2.39. The highest BCUT2D eigenvalue weighted by atomic mass is 32.2. The largest absolute Gasteiger partial charge is 0.490 e. The molecule has 0 amide bonds. The number of aryl methyl sites for hydroxylation is 1. The van der Waals surface area contributed by atoms with Gasteiger partial charge in [0.05, 0.1) is 22.8 Å². The smallest absolute Gasteiger partial charge is 0.259 e. The SMILES string of the molecule is CCS(=O)(=O)Nc1ccc(OC2CCC(F)(F)CC2)c(-c2cn(C)c(=O)c3cc[nH]c23)c1. The van der Waals surface area contributed by atoms with E-state index in [-0.39, 0.29) is 43.1 Å². The molecule has 10 heteroatoms. The lowest BCUT2D eigenvalue weighted by atomic mass is 9.94. The Morgan fingerprint density at radius 3 is 2.62 bits per heavy atom. The molecule has 4 rings (SSSR count). The van der Waals surface area contributed by atoms with E-state index in [0.717, 1.165) is 0 Å². The summed E-state index contributed by atoms with van der Waals surface area (Å²) in [4.78, 5) is 15.5. The fourth-order valence-corrected chi connectivity index (χ4v) is 4.58. The number of alkyl halides is 2. The minimum atomic E-state index is -3.51. The lowest BCUT2D eigenvalue weighted by Crippen LogP contribution is -2.30. The van der Waals surface area contributed by atoms with E-state index in [1.807, 2.05) is 0 Å². The number of anilines is 1. The minimum Gasteiger partial charge on any atom is -0.490 e. The van der Waals surface area contributed by atoms with Crippen molar-refractivity contribution in [1.29, 1.82) is 0 Å². The minimum absolute atomic E-state index is 0.0857. The second-order valence-corrected chi connectivity index (χ2v) is 10.1. The third-order valence-corrected chi connectivity index (χ3v) is 7.08. The van der Waals surface area contributed by atoms with Gasteiger partial charge in [0.25, 0.3) is 5.56 Å². The van der Waals surface area contributed by atoms with E-state index in [1.54, 1.807) is 43.7 Å². The van der Waals surface area contributed by atoms with Crippen molar-refractivity contribution in [2.24, 2.45) is 7.05 Å². The van der Waals surface area contributed by atoms with Gasteiger partial charge in [-0.05, 0) is 44.0 Å². The molecule has 2 aromatic heterocycles. The van der Waals surface area contributed by atoms with Crippen molar-refractivity contribution in [2.75, 3.05) is 10.5 Å². The van der Waals surface area contributed by atoms with Gasteiger partial charge in [-0.3, -0.25) is 9.52 Å². The van der Waals surface area contributed by atoms with E-state index in [2.05, 4.69) is 9.71 Å². The molecule has 0 saturated heterocycles. The molecule has 2 N–H and O–H groups in total. The fourth-order valence-electron chi connectivity index (χ4n) is 3.95. The second kappa shape index (κ2) is 8.23. The van der Waals surface area contributed by atoms with Crippen molar-refractivity contribution in [3.8, 4) is 16.9 Å². The van der Waals surface area contributed by atoms with Gasteiger partial charge < -0.3 is 14.3 Å². The number of ether oxygens (including phenoxy) is 1. The number of pyridine rings is 1. The fraction of sp³-hybridized carbons (Fsp3) is 0.409. The Morgan fingerprint density at radius 1 is 1.22 bits per heavy atom. The van der Waals surface area contributed by atoms with Crippen LogP contribution in [0, 0.1) is 0 Å². The molecule has 1 aliphatic carbocycles. The van der Waals surface area contributed by atoms with Crippen molar-refractivity contribution in [1.82, 2.24) is 9.55 Å². The molecule has 2 heterocycles. The molecule has 32 heavy (non-hydrogen) atoms. The molecule has 1 fully saturated rings. The van der Waals surface area contributed by atoms with Crippen LogP contribution in [0.5, 0.6) is 5.75 Å². The standard InChI is InChI=1S/C22H25F2N3O4S/c1-3-32(29,30)26-14-4-5-19(31-15-6-9-22(23,24)10-7-15)17(12-14)18-13-27(2)21(28)16-8-11-25-20(16)18/h4-5,8,11-13,15,25-26H,3,6-7,9-10H2,1-2H3. The molecule has 1 aliphatic rings. The van der Waals surface area contributed by atoms with Crippen molar-refractivity contribution in [2.45, 2.75) is 44.6 Å². The molecule has 3 aromatic rings. The van der Waals surface area contributed by atoms with Crippen LogP contribution in [-0.2, 0) is 17.1 Å². The molecule has 1 saturated carbocycles. The first-order chi connectivity index (χ1) is 15.1. The third-order valence-electron chi connectivity index (χ3n) is 5.77. The van der Waals surface area contributed by atoms with Crippen LogP contribution in [0.1, 0.15) is 32.6 Å². The zero-order chi connectivity index (χ0) is 23.1. The monoisotopic (exact) mass is 465 g/mol. The number of nitrogens with one attached hydrogen (secondary N) is 2. The Bertz CT molecular complexity index is 1300. The summed E-state index contributed by atoms with van der Waals surface area (Å²) in [5.41, 5.74) is 1.95. The lowest BCUT2D eigenvalue weighted by Gasteiger charge is -2.29. The molecule has 7 nitrogen and oxygen atoms in total. The second-order valence-electron chi connectivity index (χ2n) is 8.11. The van der Waals surface area contributed by atoms with Gasteiger partial charge in [0, 0.05) is 49.1 Å². The van der Waals surface area contributed by atoms with Crippen LogP contribution < -0.4 is 15.0 Å². The molecule has 0 radical (unpaired) electrons. The van der Waals surface area contributed by atoms with E-state index in [4.69, 9.17) is 4.74 Å². The van der Waals surface area contributed by atoms with Crippen molar-refractivity contribution < 1.29 is 21.9 Å². The molecule has 0 aliphatic heterocycles. The van der Waals surface area contributed by atoms with Crippen LogP contribution in [0.3, 0.4) is 0 Å². The van der Waals surface area contributed by atoms with Crippen LogP contribution in [-0.4, -0.2) is 35.7 Å². The van der Waals surface area contributed by atoms with E-state index in [1.165, 1.54) is 11.5 Å². The van der Waals surface area contributed by atoms with E-state index in [0.29, 0.717) is 33.5 Å². The Labute approximate surface area is 184 Å². The summed E-state index contributed by atoms with van der Waals surface area (Å²) in [6.07, 6.45) is 2.91. The third kappa shape index (κ3) is 4.50. The van der Waals surface area contributed by atoms with Crippen LogP contribution in [0.4, 0.5) is 14.5 Å². The van der Waals surface area contributed by atoms with Gasteiger partial charge in [-0.2, -0.15) is 0 Å². The molecule has 1 aromatic carbocycles. The van der Waals surface area contributed by atoms with Gasteiger partial charge in [0.15, 0.2) is 0 Å². The number of hydrogen-bond donors (Lipinski definition) is 2. The van der Waals surface area contributed by atoms with E-state index in [9.17, 15) is 22.0 Å². The predicted molar refractivity (Wildman–Crippen MR) is 120 cm³/mol. The number of hydrogen-bond acceptors (Lipinski definition) is 4. The summed E-state index contributed by atoms with van der Waals surface area (Å²) in [5, 5.41) is 0.479.